The van der Waals surface area contributed by atoms with Crippen LogP contribution in [0.15, 0.2) is 22.7 Å². The second-order valence-electron chi connectivity index (χ2n) is 4.04. The summed E-state index contributed by atoms with van der Waals surface area (Å²) in [5, 5.41) is 9.31. The molecule has 1 aliphatic carbocycles. The van der Waals surface area contributed by atoms with E-state index in [-0.39, 0.29) is 17.8 Å². The lowest BCUT2D eigenvalue weighted by Crippen LogP contribution is -2.16. The lowest BCUT2D eigenvalue weighted by Gasteiger charge is -2.15. The zero-order valence-electron chi connectivity index (χ0n) is 7.93. The van der Waals surface area contributed by atoms with Gasteiger partial charge in [-0.05, 0) is 36.1 Å². The number of halogens is 2. The van der Waals surface area contributed by atoms with E-state index >= 15 is 0 Å². The van der Waals surface area contributed by atoms with Crippen molar-refractivity contribution in [3.05, 3.63) is 34.1 Å². The van der Waals surface area contributed by atoms with E-state index in [1.54, 1.807) is 12.1 Å². The third-order valence-electron chi connectivity index (χ3n) is 3.20. The van der Waals surface area contributed by atoms with Gasteiger partial charge in [0, 0.05) is 9.89 Å². The molecule has 1 saturated carbocycles. The molecule has 14 heavy (non-hydrogen) atoms. The molecule has 0 saturated heterocycles. The molecule has 76 valence electrons. The topological polar surface area (TPSA) is 20.2 Å². The maximum absolute atomic E-state index is 13.5. The first-order valence-electron chi connectivity index (χ1n) is 4.66. The highest BCUT2D eigenvalue weighted by Crippen LogP contribution is 2.54. The fourth-order valence-corrected chi connectivity index (χ4v) is 2.41. The minimum atomic E-state index is -0.326. The van der Waals surface area contributed by atoms with Gasteiger partial charge in [-0.25, -0.2) is 4.39 Å². The van der Waals surface area contributed by atoms with E-state index in [2.05, 4.69) is 15.9 Å². The summed E-state index contributed by atoms with van der Waals surface area (Å²) in [5.74, 6) is 0.155. The summed E-state index contributed by atoms with van der Waals surface area (Å²) >= 11 is 3.32. The summed E-state index contributed by atoms with van der Waals surface area (Å²) in [4.78, 5) is 0. The predicted molar refractivity (Wildman–Crippen MR) is 56.6 cm³/mol. The SMILES string of the molecule is CC1CC1(CO)c1cc(Br)ccc1F. The Bertz CT molecular complexity index is 362. The lowest BCUT2D eigenvalue weighted by molar-refractivity contribution is 0.244. The van der Waals surface area contributed by atoms with Crippen LogP contribution in [0.2, 0.25) is 0 Å². The van der Waals surface area contributed by atoms with E-state index in [4.69, 9.17) is 0 Å². The zero-order chi connectivity index (χ0) is 10.3. The van der Waals surface area contributed by atoms with Gasteiger partial charge in [-0.3, -0.25) is 0 Å². The number of rotatable bonds is 2. The van der Waals surface area contributed by atoms with Crippen LogP contribution in [0.25, 0.3) is 0 Å². The van der Waals surface area contributed by atoms with Crippen molar-refractivity contribution < 1.29 is 9.50 Å². The number of benzene rings is 1. The molecule has 2 rings (SSSR count). The smallest absolute Gasteiger partial charge is 0.127 e. The largest absolute Gasteiger partial charge is 0.395 e. The molecule has 0 radical (unpaired) electrons. The molecule has 2 unspecified atom stereocenters. The first-order chi connectivity index (χ1) is 6.60. The molecule has 1 aromatic carbocycles. The highest BCUT2D eigenvalue weighted by molar-refractivity contribution is 9.10. The molecule has 0 amide bonds. The van der Waals surface area contributed by atoms with Crippen LogP contribution in [-0.2, 0) is 5.41 Å². The monoisotopic (exact) mass is 258 g/mol. The van der Waals surface area contributed by atoms with Crippen LogP contribution < -0.4 is 0 Å². The fraction of sp³-hybridized carbons (Fsp3) is 0.455. The van der Waals surface area contributed by atoms with Gasteiger partial charge in [0.05, 0.1) is 6.61 Å². The molecular formula is C11H12BrFO. The molecule has 0 aromatic heterocycles. The van der Waals surface area contributed by atoms with E-state index in [0.29, 0.717) is 11.5 Å². The van der Waals surface area contributed by atoms with E-state index in [9.17, 15) is 9.50 Å². The first kappa shape index (κ1) is 10.1. The van der Waals surface area contributed by atoms with Crippen LogP contribution >= 0.6 is 15.9 Å². The summed E-state index contributed by atoms with van der Waals surface area (Å²) < 4.78 is 14.4. The quantitative estimate of drug-likeness (QED) is 0.865. The van der Waals surface area contributed by atoms with Gasteiger partial charge in [0.1, 0.15) is 5.82 Å². The number of hydrogen-bond acceptors (Lipinski definition) is 1. The second kappa shape index (κ2) is 3.31. The van der Waals surface area contributed by atoms with Gasteiger partial charge in [0.15, 0.2) is 0 Å². The van der Waals surface area contributed by atoms with Gasteiger partial charge >= 0.3 is 0 Å². The molecule has 2 atom stereocenters. The van der Waals surface area contributed by atoms with Crippen molar-refractivity contribution in [2.24, 2.45) is 5.92 Å². The molecule has 1 fully saturated rings. The normalized spacial score (nSPS) is 30.4. The maximum Gasteiger partial charge on any atom is 0.127 e. The molecule has 1 aromatic rings. The van der Waals surface area contributed by atoms with Crippen molar-refractivity contribution >= 4 is 15.9 Å². The molecule has 0 heterocycles. The Morgan fingerprint density at radius 1 is 1.64 bits per heavy atom. The first-order valence-corrected chi connectivity index (χ1v) is 5.46. The van der Waals surface area contributed by atoms with Crippen molar-refractivity contribution in [1.82, 2.24) is 0 Å². The minimum Gasteiger partial charge on any atom is -0.395 e. The molecular weight excluding hydrogens is 247 g/mol. The highest BCUT2D eigenvalue weighted by Gasteiger charge is 2.53. The van der Waals surface area contributed by atoms with Gasteiger partial charge in [-0.15, -0.1) is 0 Å². The Labute approximate surface area is 91.1 Å². The Balaban J connectivity index is 2.45. The van der Waals surface area contributed by atoms with Crippen molar-refractivity contribution in [3.63, 3.8) is 0 Å². The Kier molecular flexibility index (Phi) is 2.40. The Morgan fingerprint density at radius 3 is 2.79 bits per heavy atom. The molecule has 1 N–H and O–H groups in total. The van der Waals surface area contributed by atoms with Crippen LogP contribution in [0.3, 0.4) is 0 Å². The maximum atomic E-state index is 13.5. The summed E-state index contributed by atoms with van der Waals surface area (Å²) in [6, 6.07) is 4.90. The van der Waals surface area contributed by atoms with Crippen molar-refractivity contribution in [1.29, 1.82) is 0 Å². The van der Waals surface area contributed by atoms with Crippen molar-refractivity contribution in [2.75, 3.05) is 6.61 Å². The van der Waals surface area contributed by atoms with Crippen LogP contribution in [-0.4, -0.2) is 11.7 Å². The summed E-state index contributed by atoms with van der Waals surface area (Å²) in [6.45, 7) is 2.07. The number of aliphatic hydroxyl groups is 1. The minimum absolute atomic E-state index is 0.0293. The van der Waals surface area contributed by atoms with Gasteiger partial charge in [0.2, 0.25) is 0 Å². The van der Waals surface area contributed by atoms with Gasteiger partial charge in [-0.2, -0.15) is 0 Å². The predicted octanol–water partition coefficient (Wildman–Crippen LogP) is 2.86. The van der Waals surface area contributed by atoms with Crippen LogP contribution in [0, 0.1) is 11.7 Å². The highest BCUT2D eigenvalue weighted by atomic mass is 79.9. The summed E-state index contributed by atoms with van der Waals surface area (Å²) in [5.41, 5.74) is 0.315. The molecule has 3 heteroatoms. The molecule has 1 aliphatic rings. The third-order valence-corrected chi connectivity index (χ3v) is 3.69. The van der Waals surface area contributed by atoms with E-state index in [0.717, 1.165) is 10.9 Å². The summed E-state index contributed by atoms with van der Waals surface area (Å²) in [7, 11) is 0. The van der Waals surface area contributed by atoms with Crippen molar-refractivity contribution in [2.45, 2.75) is 18.8 Å². The van der Waals surface area contributed by atoms with Crippen LogP contribution in [0.4, 0.5) is 4.39 Å². The average molecular weight is 259 g/mol. The second-order valence-corrected chi connectivity index (χ2v) is 4.96. The molecule has 0 aliphatic heterocycles. The van der Waals surface area contributed by atoms with E-state index in [1.165, 1.54) is 6.07 Å². The van der Waals surface area contributed by atoms with E-state index in [1.807, 2.05) is 6.92 Å². The summed E-state index contributed by atoms with van der Waals surface area (Å²) in [6.07, 6.45) is 0.872. The molecule has 1 nitrogen and oxygen atoms in total. The third kappa shape index (κ3) is 1.39. The van der Waals surface area contributed by atoms with Gasteiger partial charge in [-0.1, -0.05) is 22.9 Å². The van der Waals surface area contributed by atoms with Crippen LogP contribution in [0.1, 0.15) is 18.9 Å². The van der Waals surface area contributed by atoms with Gasteiger partial charge in [0.25, 0.3) is 0 Å². The Hall–Kier alpha value is -0.410. The zero-order valence-corrected chi connectivity index (χ0v) is 9.51. The number of hydrogen-bond donors (Lipinski definition) is 1. The standard InChI is InChI=1S/C11H12BrFO/c1-7-5-11(7,6-14)9-4-8(12)2-3-10(9)13/h2-4,7,14H,5-6H2,1H3. The number of aliphatic hydroxyl groups excluding tert-OH is 1. The lowest BCUT2D eigenvalue weighted by atomic mass is 9.94. The van der Waals surface area contributed by atoms with E-state index < -0.39 is 0 Å². The Morgan fingerprint density at radius 2 is 2.29 bits per heavy atom. The molecule has 0 spiro atoms. The van der Waals surface area contributed by atoms with Crippen LogP contribution in [0.5, 0.6) is 0 Å². The fourth-order valence-electron chi connectivity index (χ4n) is 2.05. The molecule has 0 bridgehead atoms. The van der Waals surface area contributed by atoms with Gasteiger partial charge < -0.3 is 5.11 Å². The average Bonchev–Trinajstić information content (AvgIpc) is 2.82. The van der Waals surface area contributed by atoms with Crippen molar-refractivity contribution in [3.8, 4) is 0 Å².